The normalized spacial score (nSPS) is 10.9. The van der Waals surface area contributed by atoms with Crippen LogP contribution in [0.5, 0.6) is 0 Å². The first-order valence-corrected chi connectivity index (χ1v) is 4.06. The van der Waals surface area contributed by atoms with Crippen LogP contribution in [-0.2, 0) is 6.61 Å². The average molecular weight is 177 g/mol. The van der Waals surface area contributed by atoms with Gasteiger partial charge in [0.1, 0.15) is 0 Å². The molecule has 4 heteroatoms. The number of aromatic amines is 1. The van der Waals surface area contributed by atoms with E-state index in [4.69, 9.17) is 10.8 Å². The van der Waals surface area contributed by atoms with Crippen LogP contribution in [0.25, 0.3) is 11.0 Å². The maximum absolute atomic E-state index is 8.96. The number of nitrogens with two attached hydrogens (primary N) is 1. The van der Waals surface area contributed by atoms with Gasteiger partial charge in [-0.2, -0.15) is 0 Å². The van der Waals surface area contributed by atoms with Gasteiger partial charge in [-0.15, -0.1) is 0 Å². The number of aliphatic hydroxyl groups excluding tert-OH is 1. The van der Waals surface area contributed by atoms with Gasteiger partial charge in [0.05, 0.1) is 17.6 Å². The number of nitrogen functional groups attached to an aromatic ring is 1. The van der Waals surface area contributed by atoms with Crippen LogP contribution < -0.4 is 5.73 Å². The smallest absolute Gasteiger partial charge is 0.198 e. The van der Waals surface area contributed by atoms with E-state index >= 15 is 0 Å². The van der Waals surface area contributed by atoms with E-state index in [0.717, 1.165) is 22.2 Å². The van der Waals surface area contributed by atoms with Crippen molar-refractivity contribution in [1.82, 2.24) is 9.97 Å². The van der Waals surface area contributed by atoms with Gasteiger partial charge in [0.2, 0.25) is 0 Å². The molecule has 0 bridgehead atoms. The lowest BCUT2D eigenvalue weighted by Crippen LogP contribution is -1.85. The Morgan fingerprint density at radius 1 is 1.54 bits per heavy atom. The first kappa shape index (κ1) is 8.07. The number of anilines is 1. The summed E-state index contributed by atoms with van der Waals surface area (Å²) in [6, 6.07) is 3.76. The molecule has 1 aromatic carbocycles. The Kier molecular flexibility index (Phi) is 1.70. The second-order valence-electron chi connectivity index (χ2n) is 3.09. The predicted molar refractivity (Wildman–Crippen MR) is 51.2 cm³/mol. The average Bonchev–Trinajstić information content (AvgIpc) is 2.46. The number of aryl methyl sites for hydroxylation is 1. The lowest BCUT2D eigenvalue weighted by Gasteiger charge is -1.98. The standard InChI is InChI=1S/C9H11N3O/c1-5-2-6(4-13)3-7-8(5)12-9(10)11-7/h2-3,13H,4H2,1H3,(H3,10,11,12). The number of nitrogens with zero attached hydrogens (tertiary/aromatic N) is 1. The SMILES string of the molecule is Cc1cc(CO)cc2[nH]c(N)nc12. The molecular weight excluding hydrogens is 166 g/mol. The van der Waals surface area contributed by atoms with E-state index in [1.54, 1.807) is 0 Å². The molecule has 13 heavy (non-hydrogen) atoms. The summed E-state index contributed by atoms with van der Waals surface area (Å²) >= 11 is 0. The first-order valence-electron chi connectivity index (χ1n) is 4.06. The molecule has 0 aliphatic heterocycles. The zero-order valence-electron chi connectivity index (χ0n) is 7.33. The Balaban J connectivity index is 2.75. The Bertz CT molecular complexity index is 447. The fraction of sp³-hybridized carbons (Fsp3) is 0.222. The highest BCUT2D eigenvalue weighted by Gasteiger charge is 2.04. The van der Waals surface area contributed by atoms with Crippen molar-refractivity contribution in [3.8, 4) is 0 Å². The fourth-order valence-corrected chi connectivity index (χ4v) is 1.48. The van der Waals surface area contributed by atoms with Crippen LogP contribution in [0.2, 0.25) is 0 Å². The van der Waals surface area contributed by atoms with Crippen molar-refractivity contribution in [2.24, 2.45) is 0 Å². The zero-order valence-corrected chi connectivity index (χ0v) is 7.33. The van der Waals surface area contributed by atoms with E-state index in [1.807, 2.05) is 19.1 Å². The van der Waals surface area contributed by atoms with Gasteiger partial charge in [-0.1, -0.05) is 6.07 Å². The van der Waals surface area contributed by atoms with Gasteiger partial charge in [-0.05, 0) is 24.1 Å². The number of hydrogen-bond acceptors (Lipinski definition) is 3. The molecule has 0 radical (unpaired) electrons. The predicted octanol–water partition coefficient (Wildman–Crippen LogP) is 0.946. The van der Waals surface area contributed by atoms with Gasteiger partial charge in [0, 0.05) is 0 Å². The number of hydrogen-bond donors (Lipinski definition) is 3. The topological polar surface area (TPSA) is 74.9 Å². The maximum Gasteiger partial charge on any atom is 0.198 e. The molecule has 0 spiro atoms. The van der Waals surface area contributed by atoms with Crippen LogP contribution >= 0.6 is 0 Å². The molecule has 0 atom stereocenters. The fourth-order valence-electron chi connectivity index (χ4n) is 1.48. The van der Waals surface area contributed by atoms with Crippen molar-refractivity contribution < 1.29 is 5.11 Å². The van der Waals surface area contributed by atoms with Gasteiger partial charge in [-0.25, -0.2) is 4.98 Å². The highest BCUT2D eigenvalue weighted by molar-refractivity contribution is 5.81. The third kappa shape index (κ3) is 1.25. The highest BCUT2D eigenvalue weighted by atomic mass is 16.3. The second kappa shape index (κ2) is 2.74. The highest BCUT2D eigenvalue weighted by Crippen LogP contribution is 2.19. The Hall–Kier alpha value is -1.55. The van der Waals surface area contributed by atoms with Crippen molar-refractivity contribution in [3.63, 3.8) is 0 Å². The number of benzene rings is 1. The van der Waals surface area contributed by atoms with Gasteiger partial charge in [0.25, 0.3) is 0 Å². The van der Waals surface area contributed by atoms with Crippen LogP contribution in [0.1, 0.15) is 11.1 Å². The monoisotopic (exact) mass is 177 g/mol. The van der Waals surface area contributed by atoms with E-state index < -0.39 is 0 Å². The van der Waals surface area contributed by atoms with E-state index in [9.17, 15) is 0 Å². The Morgan fingerprint density at radius 2 is 2.31 bits per heavy atom. The van der Waals surface area contributed by atoms with E-state index in [2.05, 4.69) is 9.97 Å². The van der Waals surface area contributed by atoms with Crippen molar-refractivity contribution >= 4 is 17.0 Å². The molecule has 0 unspecified atom stereocenters. The first-order chi connectivity index (χ1) is 6.20. The van der Waals surface area contributed by atoms with Crippen LogP contribution in [0.3, 0.4) is 0 Å². The Labute approximate surface area is 75.4 Å². The molecule has 4 nitrogen and oxygen atoms in total. The van der Waals surface area contributed by atoms with E-state index in [-0.39, 0.29) is 6.61 Å². The lowest BCUT2D eigenvalue weighted by atomic mass is 10.1. The number of nitrogens with one attached hydrogen (secondary N) is 1. The largest absolute Gasteiger partial charge is 0.392 e. The van der Waals surface area contributed by atoms with Gasteiger partial charge in [-0.3, -0.25) is 0 Å². The lowest BCUT2D eigenvalue weighted by molar-refractivity contribution is 0.282. The minimum atomic E-state index is 0.0374. The summed E-state index contributed by atoms with van der Waals surface area (Å²) in [7, 11) is 0. The second-order valence-corrected chi connectivity index (χ2v) is 3.09. The van der Waals surface area contributed by atoms with Crippen LogP contribution in [-0.4, -0.2) is 15.1 Å². The Morgan fingerprint density at radius 3 is 3.00 bits per heavy atom. The van der Waals surface area contributed by atoms with Gasteiger partial charge >= 0.3 is 0 Å². The number of aliphatic hydroxyl groups is 1. The molecule has 0 saturated carbocycles. The summed E-state index contributed by atoms with van der Waals surface area (Å²) in [5.74, 6) is 0.410. The van der Waals surface area contributed by atoms with Crippen molar-refractivity contribution in [1.29, 1.82) is 0 Å². The number of imidazole rings is 1. The molecule has 68 valence electrons. The summed E-state index contributed by atoms with van der Waals surface area (Å²) in [6.45, 7) is 1.98. The van der Waals surface area contributed by atoms with Gasteiger partial charge in [0.15, 0.2) is 5.95 Å². The van der Waals surface area contributed by atoms with Crippen molar-refractivity contribution in [2.45, 2.75) is 13.5 Å². The van der Waals surface area contributed by atoms with Crippen LogP contribution in [0.4, 0.5) is 5.95 Å². The molecule has 1 aromatic heterocycles. The molecule has 0 amide bonds. The molecular formula is C9H11N3O. The third-order valence-corrected chi connectivity index (χ3v) is 2.04. The number of rotatable bonds is 1. The summed E-state index contributed by atoms with van der Waals surface area (Å²) in [5.41, 5.74) is 9.16. The molecule has 4 N–H and O–H groups in total. The zero-order chi connectivity index (χ0) is 9.42. The molecule has 0 aliphatic carbocycles. The maximum atomic E-state index is 8.96. The summed E-state index contributed by atoms with van der Waals surface area (Å²) in [4.78, 5) is 7.06. The summed E-state index contributed by atoms with van der Waals surface area (Å²) < 4.78 is 0. The van der Waals surface area contributed by atoms with E-state index in [1.165, 1.54) is 0 Å². The molecule has 1 heterocycles. The molecule has 0 aliphatic rings. The van der Waals surface area contributed by atoms with Crippen molar-refractivity contribution in [3.05, 3.63) is 23.3 Å². The number of H-pyrrole nitrogens is 1. The van der Waals surface area contributed by atoms with Crippen LogP contribution in [0.15, 0.2) is 12.1 Å². The minimum Gasteiger partial charge on any atom is -0.392 e. The van der Waals surface area contributed by atoms with Crippen LogP contribution in [0, 0.1) is 6.92 Å². The molecule has 2 aromatic rings. The summed E-state index contributed by atoms with van der Waals surface area (Å²) in [6.07, 6.45) is 0. The molecule has 0 saturated heterocycles. The van der Waals surface area contributed by atoms with Gasteiger partial charge < -0.3 is 15.8 Å². The minimum absolute atomic E-state index is 0.0374. The summed E-state index contributed by atoms with van der Waals surface area (Å²) in [5, 5.41) is 8.96. The molecule has 0 fully saturated rings. The van der Waals surface area contributed by atoms with Crippen molar-refractivity contribution in [2.75, 3.05) is 5.73 Å². The number of aromatic nitrogens is 2. The third-order valence-electron chi connectivity index (χ3n) is 2.04. The molecule has 2 rings (SSSR count). The quantitative estimate of drug-likeness (QED) is 0.607. The number of fused-ring (bicyclic) bond motifs is 1. The van der Waals surface area contributed by atoms with E-state index in [0.29, 0.717) is 5.95 Å².